The average molecular weight is 280 g/mol. The van der Waals surface area contributed by atoms with Gasteiger partial charge in [-0.2, -0.15) is 0 Å². The van der Waals surface area contributed by atoms with Crippen LogP contribution in [0.3, 0.4) is 0 Å². The van der Waals surface area contributed by atoms with E-state index in [1.807, 2.05) is 6.92 Å². The molecule has 0 bridgehead atoms. The van der Waals surface area contributed by atoms with Crippen molar-refractivity contribution in [2.45, 2.75) is 13.3 Å². The SMILES string of the molecule is Cc1ccc([N+](=O)[O-])c(OCCCN2CCOCC2)c1. The molecule has 0 spiro atoms. The monoisotopic (exact) mass is 280 g/mol. The van der Waals surface area contributed by atoms with Crippen LogP contribution >= 0.6 is 0 Å². The highest BCUT2D eigenvalue weighted by atomic mass is 16.6. The number of nitrogens with zero attached hydrogens (tertiary/aromatic N) is 2. The van der Waals surface area contributed by atoms with Crippen LogP contribution in [0.1, 0.15) is 12.0 Å². The Labute approximate surface area is 118 Å². The largest absolute Gasteiger partial charge is 0.487 e. The molecule has 1 aliphatic heterocycles. The predicted molar refractivity (Wildman–Crippen MR) is 75.2 cm³/mol. The third kappa shape index (κ3) is 4.18. The second-order valence-corrected chi connectivity index (χ2v) is 4.88. The predicted octanol–water partition coefficient (Wildman–Crippen LogP) is 2.00. The summed E-state index contributed by atoms with van der Waals surface area (Å²) in [7, 11) is 0. The van der Waals surface area contributed by atoms with Gasteiger partial charge in [0, 0.05) is 25.7 Å². The van der Waals surface area contributed by atoms with Gasteiger partial charge in [0.1, 0.15) is 0 Å². The summed E-state index contributed by atoms with van der Waals surface area (Å²) >= 11 is 0. The molecule has 0 aliphatic carbocycles. The smallest absolute Gasteiger partial charge is 0.310 e. The summed E-state index contributed by atoms with van der Waals surface area (Å²) in [6.07, 6.45) is 0.852. The van der Waals surface area contributed by atoms with Crippen LogP contribution in [0.4, 0.5) is 5.69 Å². The fourth-order valence-corrected chi connectivity index (χ4v) is 2.18. The molecule has 0 saturated carbocycles. The van der Waals surface area contributed by atoms with Crippen molar-refractivity contribution in [1.29, 1.82) is 0 Å². The van der Waals surface area contributed by atoms with E-state index in [0.29, 0.717) is 12.4 Å². The van der Waals surface area contributed by atoms with Crippen molar-refractivity contribution < 1.29 is 14.4 Å². The van der Waals surface area contributed by atoms with E-state index in [4.69, 9.17) is 9.47 Å². The van der Waals surface area contributed by atoms with Crippen LogP contribution in [-0.4, -0.2) is 49.3 Å². The van der Waals surface area contributed by atoms with Crippen molar-refractivity contribution >= 4 is 5.69 Å². The van der Waals surface area contributed by atoms with Gasteiger partial charge in [-0.1, -0.05) is 6.07 Å². The fourth-order valence-electron chi connectivity index (χ4n) is 2.18. The van der Waals surface area contributed by atoms with E-state index >= 15 is 0 Å². The summed E-state index contributed by atoms with van der Waals surface area (Å²) in [4.78, 5) is 12.8. The van der Waals surface area contributed by atoms with Gasteiger partial charge < -0.3 is 9.47 Å². The lowest BCUT2D eigenvalue weighted by Crippen LogP contribution is -2.37. The van der Waals surface area contributed by atoms with Crippen LogP contribution in [0.15, 0.2) is 18.2 Å². The summed E-state index contributed by atoms with van der Waals surface area (Å²) in [5.41, 5.74) is 0.987. The van der Waals surface area contributed by atoms with Crippen molar-refractivity contribution in [2.24, 2.45) is 0 Å². The highest BCUT2D eigenvalue weighted by molar-refractivity contribution is 5.48. The van der Waals surface area contributed by atoms with E-state index in [0.717, 1.165) is 44.8 Å². The molecule has 1 aromatic rings. The van der Waals surface area contributed by atoms with Gasteiger partial charge in [0.25, 0.3) is 0 Å². The molecule has 1 heterocycles. The number of rotatable bonds is 6. The van der Waals surface area contributed by atoms with Crippen molar-refractivity contribution in [3.8, 4) is 5.75 Å². The van der Waals surface area contributed by atoms with Crippen molar-refractivity contribution in [2.75, 3.05) is 39.5 Å². The first-order valence-electron chi connectivity index (χ1n) is 6.85. The van der Waals surface area contributed by atoms with Gasteiger partial charge >= 0.3 is 5.69 Å². The Hall–Kier alpha value is -1.66. The molecule has 0 atom stereocenters. The number of ether oxygens (including phenoxy) is 2. The number of nitro benzene ring substituents is 1. The summed E-state index contributed by atoms with van der Waals surface area (Å²) in [5.74, 6) is 0.358. The van der Waals surface area contributed by atoms with E-state index in [-0.39, 0.29) is 5.69 Å². The summed E-state index contributed by atoms with van der Waals surface area (Å²) in [6, 6.07) is 4.93. The second-order valence-electron chi connectivity index (χ2n) is 4.88. The first-order chi connectivity index (χ1) is 9.66. The minimum atomic E-state index is -0.406. The van der Waals surface area contributed by atoms with Crippen molar-refractivity contribution in [3.05, 3.63) is 33.9 Å². The van der Waals surface area contributed by atoms with Crippen LogP contribution in [0.25, 0.3) is 0 Å². The van der Waals surface area contributed by atoms with Gasteiger partial charge in [-0.3, -0.25) is 15.0 Å². The standard InChI is InChI=1S/C14H20N2O4/c1-12-3-4-13(16(17)18)14(11-12)20-8-2-5-15-6-9-19-10-7-15/h3-4,11H,2,5-10H2,1H3. The van der Waals surface area contributed by atoms with Gasteiger partial charge in [-0.05, 0) is 25.0 Å². The van der Waals surface area contributed by atoms with Gasteiger partial charge in [-0.15, -0.1) is 0 Å². The van der Waals surface area contributed by atoms with Gasteiger partial charge in [0.15, 0.2) is 5.75 Å². The molecule has 0 amide bonds. The minimum Gasteiger partial charge on any atom is -0.487 e. The topological polar surface area (TPSA) is 64.8 Å². The molecule has 6 nitrogen and oxygen atoms in total. The van der Waals surface area contributed by atoms with E-state index < -0.39 is 4.92 Å². The zero-order valence-electron chi connectivity index (χ0n) is 11.7. The second kappa shape index (κ2) is 7.21. The Kier molecular flexibility index (Phi) is 5.31. The summed E-state index contributed by atoms with van der Waals surface area (Å²) < 4.78 is 10.9. The summed E-state index contributed by atoms with van der Waals surface area (Å²) in [5, 5.41) is 10.9. The van der Waals surface area contributed by atoms with Crippen LogP contribution in [-0.2, 0) is 4.74 Å². The zero-order chi connectivity index (χ0) is 14.4. The molecule has 0 unspecified atom stereocenters. The Balaban J connectivity index is 1.81. The summed E-state index contributed by atoms with van der Waals surface area (Å²) in [6.45, 7) is 6.78. The third-order valence-corrected chi connectivity index (χ3v) is 3.29. The Morgan fingerprint density at radius 2 is 2.15 bits per heavy atom. The maximum atomic E-state index is 10.9. The van der Waals surface area contributed by atoms with Gasteiger partial charge in [0.2, 0.25) is 0 Å². The Morgan fingerprint density at radius 1 is 1.40 bits per heavy atom. The maximum absolute atomic E-state index is 10.9. The lowest BCUT2D eigenvalue weighted by molar-refractivity contribution is -0.385. The van der Waals surface area contributed by atoms with E-state index in [1.165, 1.54) is 6.07 Å². The molecule has 110 valence electrons. The van der Waals surface area contributed by atoms with Gasteiger partial charge in [0.05, 0.1) is 24.7 Å². The highest BCUT2D eigenvalue weighted by Crippen LogP contribution is 2.27. The van der Waals surface area contributed by atoms with Crippen molar-refractivity contribution in [1.82, 2.24) is 4.90 Å². The lowest BCUT2D eigenvalue weighted by Gasteiger charge is -2.26. The lowest BCUT2D eigenvalue weighted by atomic mass is 10.2. The molecular weight excluding hydrogens is 260 g/mol. The molecule has 0 radical (unpaired) electrons. The molecule has 1 saturated heterocycles. The maximum Gasteiger partial charge on any atom is 0.310 e. The molecule has 1 aliphatic rings. The first kappa shape index (κ1) is 14.7. The van der Waals surface area contributed by atoms with E-state index in [9.17, 15) is 10.1 Å². The number of morpholine rings is 1. The first-order valence-corrected chi connectivity index (χ1v) is 6.85. The molecule has 0 N–H and O–H groups in total. The van der Waals surface area contributed by atoms with Crippen LogP contribution in [0, 0.1) is 17.0 Å². The van der Waals surface area contributed by atoms with E-state index in [1.54, 1.807) is 12.1 Å². The quantitative estimate of drug-likeness (QED) is 0.453. The average Bonchev–Trinajstić information content (AvgIpc) is 2.44. The number of aryl methyl sites for hydroxylation is 1. The molecule has 1 aromatic carbocycles. The minimum absolute atomic E-state index is 0.0296. The third-order valence-electron chi connectivity index (χ3n) is 3.29. The van der Waals surface area contributed by atoms with Crippen molar-refractivity contribution in [3.63, 3.8) is 0 Å². The normalized spacial score (nSPS) is 16.1. The molecular formula is C14H20N2O4. The van der Waals surface area contributed by atoms with Crippen LogP contribution in [0.2, 0.25) is 0 Å². The van der Waals surface area contributed by atoms with Gasteiger partial charge in [-0.25, -0.2) is 0 Å². The highest BCUT2D eigenvalue weighted by Gasteiger charge is 2.15. The molecule has 0 aromatic heterocycles. The number of benzene rings is 1. The van der Waals surface area contributed by atoms with Crippen LogP contribution in [0.5, 0.6) is 5.75 Å². The number of hydrogen-bond donors (Lipinski definition) is 0. The molecule has 20 heavy (non-hydrogen) atoms. The van der Waals surface area contributed by atoms with Crippen LogP contribution < -0.4 is 4.74 Å². The zero-order valence-corrected chi connectivity index (χ0v) is 11.7. The molecule has 2 rings (SSSR count). The Morgan fingerprint density at radius 3 is 2.85 bits per heavy atom. The Bertz CT molecular complexity index is 458. The number of hydrogen-bond acceptors (Lipinski definition) is 5. The molecule has 6 heteroatoms. The molecule has 1 fully saturated rings. The fraction of sp³-hybridized carbons (Fsp3) is 0.571. The van der Waals surface area contributed by atoms with E-state index in [2.05, 4.69) is 4.90 Å². The number of nitro groups is 1.